The van der Waals surface area contributed by atoms with E-state index in [-0.39, 0.29) is 5.91 Å². The second kappa shape index (κ2) is 5.92. The van der Waals surface area contributed by atoms with E-state index in [2.05, 4.69) is 10.3 Å². The maximum absolute atomic E-state index is 12.6. The molecule has 1 aliphatic rings. The Kier molecular flexibility index (Phi) is 3.61. The molecule has 0 aliphatic heterocycles. The third-order valence-electron chi connectivity index (χ3n) is 4.31. The van der Waals surface area contributed by atoms with Crippen LogP contribution in [0.1, 0.15) is 33.7 Å². The second-order valence-electron chi connectivity index (χ2n) is 6.02. The summed E-state index contributed by atoms with van der Waals surface area (Å²) in [7, 11) is 0. The lowest BCUT2D eigenvalue weighted by atomic mass is 10.2. The number of para-hydroxylation sites is 1. The maximum atomic E-state index is 12.6. The average molecular weight is 318 g/mol. The molecule has 0 bridgehead atoms. The van der Waals surface area contributed by atoms with Crippen LogP contribution in [0.4, 0.5) is 5.82 Å². The summed E-state index contributed by atoms with van der Waals surface area (Å²) in [6, 6.07) is 13.5. The molecular formula is C19H18N4O. The molecule has 24 heavy (non-hydrogen) atoms. The first-order chi connectivity index (χ1) is 11.7. The van der Waals surface area contributed by atoms with Crippen molar-refractivity contribution in [2.24, 2.45) is 0 Å². The molecule has 5 heteroatoms. The number of hydrogen-bond donors (Lipinski definition) is 1. The van der Waals surface area contributed by atoms with Crippen molar-refractivity contribution in [3.05, 3.63) is 71.2 Å². The first-order valence-corrected chi connectivity index (χ1v) is 8.12. The van der Waals surface area contributed by atoms with Crippen molar-refractivity contribution >= 4 is 11.7 Å². The highest BCUT2D eigenvalue weighted by Gasteiger charge is 2.24. The molecule has 1 aromatic carbocycles. The molecule has 2 aromatic heterocycles. The topological polar surface area (TPSA) is 59.8 Å². The van der Waals surface area contributed by atoms with Crippen molar-refractivity contribution in [1.82, 2.24) is 14.8 Å². The minimum absolute atomic E-state index is 0.158. The lowest BCUT2D eigenvalue weighted by Gasteiger charge is -2.11. The number of benzene rings is 1. The number of fused-ring (bicyclic) bond motifs is 1. The highest BCUT2D eigenvalue weighted by atomic mass is 16.1. The van der Waals surface area contributed by atoms with Crippen molar-refractivity contribution in [2.45, 2.75) is 26.2 Å². The van der Waals surface area contributed by atoms with E-state index < -0.39 is 0 Å². The van der Waals surface area contributed by atoms with Crippen molar-refractivity contribution in [1.29, 1.82) is 0 Å². The van der Waals surface area contributed by atoms with E-state index in [1.807, 2.05) is 48.0 Å². The first-order valence-electron chi connectivity index (χ1n) is 8.12. The number of nitrogens with one attached hydrogen (secondary N) is 1. The highest BCUT2D eigenvalue weighted by Crippen LogP contribution is 2.31. The van der Waals surface area contributed by atoms with Crippen molar-refractivity contribution in [3.8, 4) is 5.69 Å². The van der Waals surface area contributed by atoms with Crippen LogP contribution in [-0.4, -0.2) is 20.7 Å². The summed E-state index contributed by atoms with van der Waals surface area (Å²) in [5, 5.41) is 7.75. The van der Waals surface area contributed by atoms with Gasteiger partial charge >= 0.3 is 0 Å². The van der Waals surface area contributed by atoms with Gasteiger partial charge in [-0.2, -0.15) is 5.10 Å². The predicted molar refractivity (Wildman–Crippen MR) is 92.5 cm³/mol. The van der Waals surface area contributed by atoms with Gasteiger partial charge in [-0.05, 0) is 50.5 Å². The molecule has 0 spiro atoms. The summed E-state index contributed by atoms with van der Waals surface area (Å²) in [6.07, 6.45) is 4.60. The molecular weight excluding hydrogens is 300 g/mol. The van der Waals surface area contributed by atoms with E-state index in [9.17, 15) is 4.79 Å². The molecule has 0 saturated heterocycles. The Bertz CT molecular complexity index is 882. The number of carbonyl (C=O) groups is 1. The molecule has 0 radical (unpaired) electrons. The average Bonchev–Trinajstić information content (AvgIpc) is 3.19. The van der Waals surface area contributed by atoms with Crippen LogP contribution in [0, 0.1) is 6.92 Å². The summed E-state index contributed by atoms with van der Waals surface area (Å²) in [4.78, 5) is 16.8. The zero-order valence-electron chi connectivity index (χ0n) is 13.5. The minimum atomic E-state index is -0.158. The summed E-state index contributed by atoms with van der Waals surface area (Å²) in [5.41, 5.74) is 4.61. The second-order valence-corrected chi connectivity index (χ2v) is 6.02. The van der Waals surface area contributed by atoms with E-state index in [1.54, 1.807) is 12.3 Å². The van der Waals surface area contributed by atoms with Crippen LogP contribution >= 0.6 is 0 Å². The molecule has 1 N–H and O–H groups in total. The molecule has 0 atom stereocenters. The van der Waals surface area contributed by atoms with Gasteiger partial charge in [0.25, 0.3) is 5.91 Å². The number of aromatic nitrogens is 3. The van der Waals surface area contributed by atoms with Crippen LogP contribution in [0.15, 0.2) is 48.7 Å². The Labute approximate surface area is 140 Å². The van der Waals surface area contributed by atoms with Gasteiger partial charge in [0, 0.05) is 17.5 Å². The monoisotopic (exact) mass is 318 g/mol. The standard InChI is InChI=1S/C19H18N4O/c1-13-10-11-14(12-20-13)19(24)21-18-16-8-5-9-17(16)22-23(18)15-6-3-2-4-7-15/h2-4,6-7,10-12H,5,8-9H2,1H3,(H,21,24). The van der Waals surface area contributed by atoms with E-state index in [4.69, 9.17) is 5.10 Å². The van der Waals surface area contributed by atoms with Crippen LogP contribution in [-0.2, 0) is 12.8 Å². The van der Waals surface area contributed by atoms with Gasteiger partial charge in [0.1, 0.15) is 5.82 Å². The Morgan fingerprint density at radius 2 is 1.96 bits per heavy atom. The number of rotatable bonds is 3. The van der Waals surface area contributed by atoms with E-state index >= 15 is 0 Å². The van der Waals surface area contributed by atoms with E-state index in [0.717, 1.165) is 47.7 Å². The molecule has 4 rings (SSSR count). The van der Waals surface area contributed by atoms with Gasteiger partial charge < -0.3 is 5.32 Å². The SMILES string of the molecule is Cc1ccc(C(=O)Nc2c3c(nn2-c2ccccc2)CCC3)cn1. The van der Waals surface area contributed by atoms with Gasteiger partial charge in [0.15, 0.2) is 0 Å². The van der Waals surface area contributed by atoms with Gasteiger partial charge in [-0.15, -0.1) is 0 Å². The maximum Gasteiger partial charge on any atom is 0.258 e. The van der Waals surface area contributed by atoms with Crippen LogP contribution in [0.3, 0.4) is 0 Å². The third-order valence-corrected chi connectivity index (χ3v) is 4.31. The van der Waals surface area contributed by atoms with Gasteiger partial charge in [0.2, 0.25) is 0 Å². The lowest BCUT2D eigenvalue weighted by Crippen LogP contribution is -2.16. The summed E-state index contributed by atoms with van der Waals surface area (Å²) in [6.45, 7) is 1.90. The number of pyridine rings is 1. The van der Waals surface area contributed by atoms with Crippen LogP contribution < -0.4 is 5.32 Å². The summed E-state index contributed by atoms with van der Waals surface area (Å²) < 4.78 is 1.84. The Morgan fingerprint density at radius 3 is 2.71 bits per heavy atom. The van der Waals surface area contributed by atoms with Gasteiger partial charge in [-0.1, -0.05) is 18.2 Å². The van der Waals surface area contributed by atoms with Crippen LogP contribution in [0.2, 0.25) is 0 Å². The normalized spacial score (nSPS) is 12.9. The molecule has 2 heterocycles. The number of aryl methyl sites for hydroxylation is 2. The Hall–Kier alpha value is -2.95. The summed E-state index contributed by atoms with van der Waals surface area (Å²) >= 11 is 0. The summed E-state index contributed by atoms with van der Waals surface area (Å²) in [5.74, 6) is 0.619. The fourth-order valence-corrected chi connectivity index (χ4v) is 3.06. The number of carbonyl (C=O) groups excluding carboxylic acids is 1. The fraction of sp³-hybridized carbons (Fsp3) is 0.211. The minimum Gasteiger partial charge on any atom is -0.306 e. The number of amides is 1. The quantitative estimate of drug-likeness (QED) is 0.806. The van der Waals surface area contributed by atoms with E-state index in [0.29, 0.717) is 5.56 Å². The fourth-order valence-electron chi connectivity index (χ4n) is 3.06. The van der Waals surface area contributed by atoms with Crippen molar-refractivity contribution in [2.75, 3.05) is 5.32 Å². The van der Waals surface area contributed by atoms with Crippen LogP contribution in [0.5, 0.6) is 0 Å². The van der Waals surface area contributed by atoms with E-state index in [1.165, 1.54) is 0 Å². The molecule has 0 unspecified atom stereocenters. The molecule has 0 saturated carbocycles. The molecule has 0 fully saturated rings. The number of anilines is 1. The van der Waals surface area contributed by atoms with Gasteiger partial charge in [-0.3, -0.25) is 9.78 Å². The molecule has 3 aromatic rings. The molecule has 120 valence electrons. The van der Waals surface area contributed by atoms with Crippen molar-refractivity contribution < 1.29 is 4.79 Å². The Balaban J connectivity index is 1.72. The van der Waals surface area contributed by atoms with Gasteiger partial charge in [-0.25, -0.2) is 4.68 Å². The zero-order valence-corrected chi connectivity index (χ0v) is 13.5. The van der Waals surface area contributed by atoms with Crippen LogP contribution in [0.25, 0.3) is 5.69 Å². The van der Waals surface area contributed by atoms with Gasteiger partial charge in [0.05, 0.1) is 16.9 Å². The lowest BCUT2D eigenvalue weighted by molar-refractivity contribution is 0.102. The molecule has 1 amide bonds. The molecule has 1 aliphatic carbocycles. The third kappa shape index (κ3) is 2.58. The Morgan fingerprint density at radius 1 is 1.12 bits per heavy atom. The largest absolute Gasteiger partial charge is 0.306 e. The first kappa shape index (κ1) is 14.6. The zero-order chi connectivity index (χ0) is 16.5. The predicted octanol–water partition coefficient (Wildman–Crippen LogP) is 3.32. The number of hydrogen-bond acceptors (Lipinski definition) is 3. The van der Waals surface area contributed by atoms with Crippen molar-refractivity contribution in [3.63, 3.8) is 0 Å². The highest BCUT2D eigenvalue weighted by molar-refractivity contribution is 6.04. The smallest absolute Gasteiger partial charge is 0.258 e. The molecule has 5 nitrogen and oxygen atoms in total. The number of nitrogens with zero attached hydrogens (tertiary/aromatic N) is 3.